The number of hydrogen-bond donors (Lipinski definition) is 0. The van der Waals surface area contributed by atoms with Crippen LogP contribution in [-0.2, 0) is 0 Å². The summed E-state index contributed by atoms with van der Waals surface area (Å²) in [5, 5.41) is 0. The minimum absolute atomic E-state index is 0.0687. The van der Waals surface area contributed by atoms with Crippen molar-refractivity contribution in [3.63, 3.8) is 0 Å². The molecule has 0 aliphatic carbocycles. The summed E-state index contributed by atoms with van der Waals surface area (Å²) in [6.45, 7) is 0. The number of thioether (sulfide) groups is 1. The lowest BCUT2D eigenvalue weighted by atomic mass is 10.3. The summed E-state index contributed by atoms with van der Waals surface area (Å²) in [4.78, 5) is 0.381. The number of rotatable bonds is 3. The zero-order valence-electron chi connectivity index (χ0n) is 8.09. The van der Waals surface area contributed by atoms with E-state index in [0.29, 0.717) is 4.90 Å². The normalized spacial score (nSPS) is 11.3. The van der Waals surface area contributed by atoms with Crippen molar-refractivity contribution >= 4 is 11.8 Å². The number of hydrogen-bond acceptors (Lipinski definition) is 3. The van der Waals surface area contributed by atoms with Crippen LogP contribution < -0.4 is 9.47 Å². The van der Waals surface area contributed by atoms with Crippen LogP contribution in [0.1, 0.15) is 0 Å². The summed E-state index contributed by atoms with van der Waals surface area (Å²) in [6.07, 6.45) is -3.04. The minimum atomic E-state index is -4.71. The summed E-state index contributed by atoms with van der Waals surface area (Å²) < 4.78 is 45.0. The lowest BCUT2D eigenvalue weighted by Gasteiger charge is -2.14. The molecule has 0 atom stereocenters. The Labute approximate surface area is 89.4 Å². The van der Waals surface area contributed by atoms with Crippen molar-refractivity contribution in [3.05, 3.63) is 18.2 Å². The van der Waals surface area contributed by atoms with E-state index in [2.05, 4.69) is 4.74 Å². The molecule has 0 saturated carbocycles. The molecule has 0 fully saturated rings. The molecule has 0 spiro atoms. The summed E-state index contributed by atoms with van der Waals surface area (Å²) in [7, 11) is 1.29. The second kappa shape index (κ2) is 4.65. The molecule has 1 rings (SSSR count). The number of methoxy groups -OCH3 is 1. The van der Waals surface area contributed by atoms with Gasteiger partial charge in [0.25, 0.3) is 0 Å². The fraction of sp³-hybridized carbons (Fsp3) is 0.333. The van der Waals surface area contributed by atoms with Crippen molar-refractivity contribution in [2.24, 2.45) is 0 Å². The molecule has 84 valence electrons. The van der Waals surface area contributed by atoms with Crippen LogP contribution in [0.4, 0.5) is 13.2 Å². The van der Waals surface area contributed by atoms with Crippen molar-refractivity contribution in [1.29, 1.82) is 0 Å². The van der Waals surface area contributed by atoms with Crippen molar-refractivity contribution in [2.45, 2.75) is 11.3 Å². The van der Waals surface area contributed by atoms with Crippen LogP contribution in [0.25, 0.3) is 0 Å². The molecular weight excluding hydrogens is 229 g/mol. The Hall–Kier alpha value is -1.04. The van der Waals surface area contributed by atoms with Crippen LogP contribution >= 0.6 is 11.8 Å². The maximum absolute atomic E-state index is 12.1. The van der Waals surface area contributed by atoms with Crippen LogP contribution in [0, 0.1) is 0 Å². The minimum Gasteiger partial charge on any atom is -0.493 e. The SMILES string of the molecule is COc1cccc(SC)c1OC(F)(F)F. The third-order valence-corrected chi connectivity index (χ3v) is 2.36. The van der Waals surface area contributed by atoms with Crippen LogP contribution in [-0.4, -0.2) is 19.7 Å². The summed E-state index contributed by atoms with van der Waals surface area (Å²) in [5.74, 6) is -0.223. The molecule has 0 unspecified atom stereocenters. The average Bonchev–Trinajstić information content (AvgIpc) is 2.16. The van der Waals surface area contributed by atoms with Gasteiger partial charge in [0, 0.05) is 0 Å². The van der Waals surface area contributed by atoms with Crippen LogP contribution in [0.15, 0.2) is 23.1 Å². The highest BCUT2D eigenvalue weighted by molar-refractivity contribution is 7.98. The predicted octanol–water partition coefficient (Wildman–Crippen LogP) is 3.32. The Morgan fingerprint density at radius 1 is 1.27 bits per heavy atom. The molecule has 0 heterocycles. The molecule has 1 aromatic carbocycles. The fourth-order valence-electron chi connectivity index (χ4n) is 1.03. The lowest BCUT2D eigenvalue weighted by molar-refractivity contribution is -0.276. The predicted molar refractivity (Wildman–Crippen MR) is 51.5 cm³/mol. The zero-order chi connectivity index (χ0) is 11.5. The van der Waals surface area contributed by atoms with Gasteiger partial charge in [-0.25, -0.2) is 0 Å². The van der Waals surface area contributed by atoms with E-state index in [4.69, 9.17) is 4.74 Å². The summed E-state index contributed by atoms with van der Waals surface area (Å²) >= 11 is 1.16. The molecule has 0 bridgehead atoms. The molecular formula is C9H9F3O2S. The largest absolute Gasteiger partial charge is 0.573 e. The van der Waals surface area contributed by atoms with Crippen molar-refractivity contribution in [1.82, 2.24) is 0 Å². The van der Waals surface area contributed by atoms with Crippen molar-refractivity contribution in [3.8, 4) is 11.5 Å². The molecule has 0 aliphatic heterocycles. The highest BCUT2D eigenvalue weighted by Crippen LogP contribution is 2.39. The van der Waals surface area contributed by atoms with Crippen LogP contribution in [0.5, 0.6) is 11.5 Å². The van der Waals surface area contributed by atoms with Gasteiger partial charge < -0.3 is 9.47 Å². The van der Waals surface area contributed by atoms with Gasteiger partial charge >= 0.3 is 6.36 Å². The van der Waals surface area contributed by atoms with Crippen LogP contribution in [0.2, 0.25) is 0 Å². The molecule has 0 N–H and O–H groups in total. The molecule has 1 aromatic rings. The van der Waals surface area contributed by atoms with E-state index in [9.17, 15) is 13.2 Å². The van der Waals surface area contributed by atoms with Gasteiger partial charge in [-0.2, -0.15) is 0 Å². The Kier molecular flexibility index (Phi) is 3.73. The van der Waals surface area contributed by atoms with Gasteiger partial charge in [0.05, 0.1) is 12.0 Å². The first-order valence-corrected chi connectivity index (χ1v) is 5.17. The van der Waals surface area contributed by atoms with E-state index in [-0.39, 0.29) is 11.5 Å². The fourth-order valence-corrected chi connectivity index (χ4v) is 1.58. The number of ether oxygens (including phenoxy) is 2. The van der Waals surface area contributed by atoms with Gasteiger partial charge in [-0.1, -0.05) is 6.07 Å². The standard InChI is InChI=1S/C9H9F3O2S/c1-13-6-4-3-5-7(15-2)8(6)14-9(10,11)12/h3-5H,1-2H3. The van der Waals surface area contributed by atoms with Gasteiger partial charge in [-0.15, -0.1) is 24.9 Å². The first-order valence-electron chi connectivity index (χ1n) is 3.94. The molecule has 0 amide bonds. The second-order valence-corrected chi connectivity index (χ2v) is 3.39. The maximum atomic E-state index is 12.1. The lowest BCUT2D eigenvalue weighted by Crippen LogP contribution is -2.18. The third-order valence-electron chi connectivity index (χ3n) is 1.60. The third kappa shape index (κ3) is 3.23. The zero-order valence-corrected chi connectivity index (χ0v) is 8.91. The van der Waals surface area contributed by atoms with Gasteiger partial charge in [0.15, 0.2) is 11.5 Å². The highest BCUT2D eigenvalue weighted by Gasteiger charge is 2.33. The van der Waals surface area contributed by atoms with Crippen molar-refractivity contribution in [2.75, 3.05) is 13.4 Å². The Balaban J connectivity index is 3.11. The van der Waals surface area contributed by atoms with E-state index < -0.39 is 6.36 Å². The van der Waals surface area contributed by atoms with Crippen LogP contribution in [0.3, 0.4) is 0 Å². The average molecular weight is 238 g/mol. The molecule has 15 heavy (non-hydrogen) atoms. The number of benzene rings is 1. The first kappa shape index (κ1) is 12.0. The Bertz CT molecular complexity index is 316. The van der Waals surface area contributed by atoms with Gasteiger partial charge in [-0.05, 0) is 18.4 Å². The van der Waals surface area contributed by atoms with E-state index in [0.717, 1.165) is 11.8 Å². The first-order chi connectivity index (χ1) is 6.98. The van der Waals surface area contributed by atoms with Gasteiger partial charge in [0.1, 0.15) is 0 Å². The second-order valence-electron chi connectivity index (χ2n) is 2.54. The van der Waals surface area contributed by atoms with E-state index in [1.165, 1.54) is 19.2 Å². The number of para-hydroxylation sites is 1. The molecule has 0 radical (unpaired) electrons. The highest BCUT2D eigenvalue weighted by atomic mass is 32.2. The van der Waals surface area contributed by atoms with E-state index in [1.54, 1.807) is 12.3 Å². The Morgan fingerprint density at radius 2 is 1.93 bits per heavy atom. The van der Waals surface area contributed by atoms with E-state index >= 15 is 0 Å². The molecule has 0 saturated heterocycles. The van der Waals surface area contributed by atoms with Gasteiger partial charge in [-0.3, -0.25) is 0 Å². The van der Waals surface area contributed by atoms with Crippen molar-refractivity contribution < 1.29 is 22.6 Å². The number of alkyl halides is 3. The maximum Gasteiger partial charge on any atom is 0.573 e. The molecule has 0 aromatic heterocycles. The molecule has 6 heteroatoms. The summed E-state index contributed by atoms with van der Waals surface area (Å²) in [5.41, 5.74) is 0. The summed E-state index contributed by atoms with van der Waals surface area (Å²) in [6, 6.07) is 4.56. The molecule has 0 aliphatic rings. The monoisotopic (exact) mass is 238 g/mol. The Morgan fingerprint density at radius 3 is 2.40 bits per heavy atom. The smallest absolute Gasteiger partial charge is 0.493 e. The van der Waals surface area contributed by atoms with Gasteiger partial charge in [0.2, 0.25) is 0 Å². The number of halogens is 3. The quantitative estimate of drug-likeness (QED) is 0.752. The molecule has 2 nitrogen and oxygen atoms in total. The topological polar surface area (TPSA) is 18.5 Å². The van der Waals surface area contributed by atoms with E-state index in [1.807, 2.05) is 0 Å².